The number of likely N-dealkylation sites (tertiary alicyclic amines) is 2. The highest BCUT2D eigenvalue weighted by molar-refractivity contribution is 5.80. The Bertz CT molecular complexity index is 777. The highest BCUT2D eigenvalue weighted by Crippen LogP contribution is 2.34. The first-order valence-corrected chi connectivity index (χ1v) is 8.80. The highest BCUT2D eigenvalue weighted by atomic mass is 19.1. The van der Waals surface area contributed by atoms with E-state index in [0.717, 1.165) is 36.5 Å². The van der Waals surface area contributed by atoms with E-state index in [1.807, 2.05) is 42.2 Å². The molecule has 3 heterocycles. The average molecular weight is 339 g/mol. The van der Waals surface area contributed by atoms with Crippen LogP contribution < -0.4 is 0 Å². The fourth-order valence-electron chi connectivity index (χ4n) is 4.10. The number of carbonyl (C=O) groups is 1. The van der Waals surface area contributed by atoms with Crippen molar-refractivity contribution in [3.63, 3.8) is 0 Å². The normalized spacial score (nSPS) is 23.3. The molecule has 1 aromatic heterocycles. The Labute approximate surface area is 147 Å². The number of hydrogen-bond donors (Lipinski definition) is 0. The lowest BCUT2D eigenvalue weighted by Crippen LogP contribution is -2.36. The van der Waals surface area contributed by atoms with Crippen LogP contribution in [-0.4, -0.2) is 39.3 Å². The Morgan fingerprint density at radius 3 is 2.68 bits per heavy atom. The van der Waals surface area contributed by atoms with Crippen molar-refractivity contribution >= 4 is 5.91 Å². The first-order valence-electron chi connectivity index (χ1n) is 8.80. The van der Waals surface area contributed by atoms with Gasteiger partial charge < -0.3 is 4.90 Å². The summed E-state index contributed by atoms with van der Waals surface area (Å²) in [6, 6.07) is 13.1. The van der Waals surface area contributed by atoms with Gasteiger partial charge in [-0.05, 0) is 43.2 Å². The number of halogens is 1. The molecule has 0 aliphatic carbocycles. The summed E-state index contributed by atoms with van der Waals surface area (Å²) in [4.78, 5) is 21.4. The first kappa shape index (κ1) is 16.2. The molecule has 0 bridgehead atoms. The van der Waals surface area contributed by atoms with Gasteiger partial charge in [0.15, 0.2) is 0 Å². The van der Waals surface area contributed by atoms with Crippen LogP contribution in [0.15, 0.2) is 42.5 Å². The summed E-state index contributed by atoms with van der Waals surface area (Å²) in [6.07, 6.45) is 1.56. The van der Waals surface area contributed by atoms with Gasteiger partial charge in [0.2, 0.25) is 5.91 Å². The second kappa shape index (κ2) is 6.56. The molecule has 5 heteroatoms. The maximum atomic E-state index is 13.1. The number of hydrogen-bond acceptors (Lipinski definition) is 3. The van der Waals surface area contributed by atoms with Crippen molar-refractivity contribution < 1.29 is 9.18 Å². The first-order chi connectivity index (χ1) is 12.1. The number of nitrogens with zero attached hydrogens (tertiary/aromatic N) is 3. The molecule has 4 rings (SSSR count). The maximum absolute atomic E-state index is 13.1. The number of aromatic nitrogens is 1. The van der Waals surface area contributed by atoms with Gasteiger partial charge in [0.05, 0.1) is 12.2 Å². The van der Waals surface area contributed by atoms with Crippen LogP contribution in [0.3, 0.4) is 0 Å². The Morgan fingerprint density at radius 1 is 1.12 bits per heavy atom. The fourth-order valence-corrected chi connectivity index (χ4v) is 4.10. The third-order valence-electron chi connectivity index (χ3n) is 5.31. The lowest BCUT2D eigenvalue weighted by atomic mass is 10.1. The summed E-state index contributed by atoms with van der Waals surface area (Å²) in [5, 5.41) is 0. The zero-order valence-electron chi connectivity index (χ0n) is 14.4. The number of pyridine rings is 1. The predicted octanol–water partition coefficient (Wildman–Crippen LogP) is 2.90. The Balaban J connectivity index is 1.46. The summed E-state index contributed by atoms with van der Waals surface area (Å²) in [6.45, 7) is 4.30. The molecule has 0 unspecified atom stereocenters. The number of fused-ring (bicyclic) bond motifs is 1. The molecule has 2 aliphatic rings. The minimum absolute atomic E-state index is 0.210. The average Bonchev–Trinajstić information content (AvgIpc) is 3.10. The summed E-state index contributed by atoms with van der Waals surface area (Å²) in [5.41, 5.74) is 3.02. The fraction of sp³-hybridized carbons (Fsp3) is 0.400. The molecule has 2 aliphatic heterocycles. The van der Waals surface area contributed by atoms with Gasteiger partial charge in [-0.3, -0.25) is 14.7 Å². The van der Waals surface area contributed by atoms with E-state index in [0.29, 0.717) is 13.0 Å². The maximum Gasteiger partial charge on any atom is 0.224 e. The zero-order chi connectivity index (χ0) is 17.4. The smallest absolute Gasteiger partial charge is 0.224 e. The molecule has 2 fully saturated rings. The molecular formula is C20H22FN3O. The lowest BCUT2D eigenvalue weighted by Gasteiger charge is -2.25. The molecule has 0 N–H and O–H groups in total. The number of benzene rings is 1. The van der Waals surface area contributed by atoms with Crippen molar-refractivity contribution in [2.45, 2.75) is 44.9 Å². The molecule has 25 heavy (non-hydrogen) atoms. The number of amides is 1. The van der Waals surface area contributed by atoms with Crippen molar-refractivity contribution in [2.24, 2.45) is 0 Å². The molecule has 2 atom stereocenters. The van der Waals surface area contributed by atoms with E-state index in [1.54, 1.807) is 0 Å². The Kier molecular flexibility index (Phi) is 4.25. The molecule has 4 nitrogen and oxygen atoms in total. The largest absolute Gasteiger partial charge is 0.332 e. The molecule has 2 aromatic rings. The quantitative estimate of drug-likeness (QED) is 0.859. The summed E-state index contributed by atoms with van der Waals surface area (Å²) in [7, 11) is 0. The Morgan fingerprint density at radius 2 is 1.92 bits per heavy atom. The number of aryl methyl sites for hydroxylation is 1. The van der Waals surface area contributed by atoms with E-state index < -0.39 is 0 Å². The predicted molar refractivity (Wildman–Crippen MR) is 93.1 cm³/mol. The number of rotatable bonds is 4. The molecule has 2 saturated heterocycles. The van der Waals surface area contributed by atoms with Crippen molar-refractivity contribution in [1.82, 2.24) is 14.8 Å². The third-order valence-corrected chi connectivity index (χ3v) is 5.31. The minimum Gasteiger partial charge on any atom is -0.332 e. The van der Waals surface area contributed by atoms with Crippen molar-refractivity contribution in [1.29, 1.82) is 0 Å². The molecule has 0 spiro atoms. The molecule has 1 amide bonds. The van der Waals surface area contributed by atoms with Gasteiger partial charge in [0.25, 0.3) is 0 Å². The van der Waals surface area contributed by atoms with Gasteiger partial charge in [0.1, 0.15) is 5.82 Å². The molecule has 1 aromatic carbocycles. The van der Waals surface area contributed by atoms with Crippen LogP contribution in [-0.2, 0) is 17.9 Å². The number of carbonyl (C=O) groups excluding carboxylic acids is 1. The minimum atomic E-state index is -0.212. The van der Waals surface area contributed by atoms with E-state index in [4.69, 9.17) is 0 Å². The topological polar surface area (TPSA) is 36.4 Å². The van der Waals surface area contributed by atoms with Crippen LogP contribution in [0, 0.1) is 12.7 Å². The second-order valence-corrected chi connectivity index (χ2v) is 7.02. The zero-order valence-corrected chi connectivity index (χ0v) is 14.4. The summed E-state index contributed by atoms with van der Waals surface area (Å²) < 4.78 is 13.1. The van der Waals surface area contributed by atoms with E-state index in [9.17, 15) is 9.18 Å². The second-order valence-electron chi connectivity index (χ2n) is 7.02. The lowest BCUT2D eigenvalue weighted by molar-refractivity contribution is -0.129. The van der Waals surface area contributed by atoms with Crippen LogP contribution in [0.25, 0.3) is 0 Å². The van der Waals surface area contributed by atoms with E-state index in [1.165, 1.54) is 12.1 Å². The van der Waals surface area contributed by atoms with Gasteiger partial charge >= 0.3 is 0 Å². The van der Waals surface area contributed by atoms with Crippen molar-refractivity contribution in [2.75, 3.05) is 6.54 Å². The van der Waals surface area contributed by atoms with Crippen LogP contribution in [0.2, 0.25) is 0 Å². The van der Waals surface area contributed by atoms with Crippen LogP contribution >= 0.6 is 0 Å². The third kappa shape index (κ3) is 3.29. The van der Waals surface area contributed by atoms with Gasteiger partial charge in [-0.15, -0.1) is 0 Å². The van der Waals surface area contributed by atoms with Gasteiger partial charge in [-0.25, -0.2) is 4.39 Å². The molecular weight excluding hydrogens is 317 g/mol. The van der Waals surface area contributed by atoms with Crippen LogP contribution in [0.1, 0.15) is 29.8 Å². The van der Waals surface area contributed by atoms with Gasteiger partial charge in [-0.1, -0.05) is 18.2 Å². The Hall–Kier alpha value is -2.27. The van der Waals surface area contributed by atoms with Crippen molar-refractivity contribution in [3.05, 3.63) is 65.2 Å². The summed E-state index contributed by atoms with van der Waals surface area (Å²) in [5.74, 6) is -0.00182. The standard InChI is InChI=1S/C20H22FN3O/c1-14-3-2-4-17(22-14)13-24-18-9-10-23(19(18)11-20(24)25)12-15-5-7-16(21)8-6-15/h2-8,18-19H,9-13H2,1H3/t18-,19-/m1/s1. The highest BCUT2D eigenvalue weighted by Gasteiger charge is 2.46. The van der Waals surface area contributed by atoms with E-state index >= 15 is 0 Å². The molecule has 0 saturated carbocycles. The monoisotopic (exact) mass is 339 g/mol. The van der Waals surface area contributed by atoms with E-state index in [2.05, 4.69) is 9.88 Å². The van der Waals surface area contributed by atoms with Crippen molar-refractivity contribution in [3.8, 4) is 0 Å². The van der Waals surface area contributed by atoms with E-state index in [-0.39, 0.29) is 23.8 Å². The molecule has 0 radical (unpaired) electrons. The van der Waals surface area contributed by atoms with Crippen LogP contribution in [0.4, 0.5) is 4.39 Å². The van der Waals surface area contributed by atoms with Gasteiger partial charge in [0, 0.05) is 37.3 Å². The molecule has 130 valence electrons. The SMILES string of the molecule is Cc1cccc(CN2C(=O)C[C@@H]3[C@H]2CCN3Cc2ccc(F)cc2)n1. The van der Waals surface area contributed by atoms with Gasteiger partial charge in [-0.2, -0.15) is 0 Å². The summed E-state index contributed by atoms with van der Waals surface area (Å²) >= 11 is 0. The van der Waals surface area contributed by atoms with Crippen LogP contribution in [0.5, 0.6) is 0 Å².